The predicted octanol–water partition coefficient (Wildman–Crippen LogP) is 2.30. The summed E-state index contributed by atoms with van der Waals surface area (Å²) in [6, 6.07) is 5.51. The Morgan fingerprint density at radius 3 is 2.60 bits per heavy atom. The molecule has 5 heteroatoms. The molecule has 1 aliphatic rings. The molecule has 0 saturated carbocycles. The van der Waals surface area contributed by atoms with Crippen molar-refractivity contribution in [3.05, 3.63) is 35.6 Å². The summed E-state index contributed by atoms with van der Waals surface area (Å²) in [5, 5.41) is 0. The Hall–Kier alpha value is -0.940. The van der Waals surface area contributed by atoms with Crippen LogP contribution in [0.3, 0.4) is 0 Å². The van der Waals surface area contributed by atoms with Gasteiger partial charge in [0.05, 0.1) is 0 Å². The topological polar surface area (TPSA) is 20.3 Å². The molecule has 15 heavy (non-hydrogen) atoms. The number of carbonyl (C=O) groups excluding carboxylic acids is 1. The van der Waals surface area contributed by atoms with E-state index in [4.69, 9.17) is 12.2 Å². The molecule has 0 aromatic heterocycles. The van der Waals surface area contributed by atoms with Gasteiger partial charge in [0.2, 0.25) is 0 Å². The minimum Gasteiger partial charge on any atom is -0.293 e. The van der Waals surface area contributed by atoms with E-state index < -0.39 is 0 Å². The van der Waals surface area contributed by atoms with Crippen LogP contribution in [-0.2, 0) is 0 Å². The zero-order chi connectivity index (χ0) is 10.8. The molecule has 1 aromatic rings. The molecule has 2 rings (SSSR count). The maximum atomic E-state index is 12.6. The molecule has 1 saturated heterocycles. The van der Waals surface area contributed by atoms with Gasteiger partial charge >= 0.3 is 0 Å². The van der Waals surface area contributed by atoms with Gasteiger partial charge in [0, 0.05) is 17.9 Å². The highest BCUT2D eigenvalue weighted by Gasteiger charge is 2.24. The minimum absolute atomic E-state index is 0.148. The van der Waals surface area contributed by atoms with Crippen LogP contribution in [0.5, 0.6) is 0 Å². The molecule has 0 atom stereocenters. The molecule has 1 aromatic carbocycles. The van der Waals surface area contributed by atoms with Crippen LogP contribution in [0.25, 0.3) is 0 Å². The second kappa shape index (κ2) is 4.28. The van der Waals surface area contributed by atoms with Crippen LogP contribution in [0.4, 0.5) is 4.39 Å². The molecule has 1 heterocycles. The van der Waals surface area contributed by atoms with Crippen molar-refractivity contribution in [3.63, 3.8) is 0 Å². The number of thiocarbonyl (C=S) groups is 1. The average molecular weight is 241 g/mol. The van der Waals surface area contributed by atoms with Gasteiger partial charge < -0.3 is 0 Å². The van der Waals surface area contributed by atoms with Gasteiger partial charge in [0.1, 0.15) is 10.1 Å². The fourth-order valence-corrected chi connectivity index (χ4v) is 2.53. The highest BCUT2D eigenvalue weighted by atomic mass is 32.2. The number of hydrogen-bond donors (Lipinski definition) is 0. The maximum absolute atomic E-state index is 12.6. The van der Waals surface area contributed by atoms with Crippen LogP contribution in [0.2, 0.25) is 0 Å². The highest BCUT2D eigenvalue weighted by molar-refractivity contribution is 8.23. The molecule has 2 nitrogen and oxygen atoms in total. The fraction of sp³-hybridized carbons (Fsp3) is 0.200. The molecule has 1 amide bonds. The molecule has 0 unspecified atom stereocenters. The van der Waals surface area contributed by atoms with Gasteiger partial charge in [-0.15, -0.1) is 0 Å². The van der Waals surface area contributed by atoms with E-state index in [2.05, 4.69) is 0 Å². The van der Waals surface area contributed by atoms with Crippen LogP contribution in [-0.4, -0.2) is 27.4 Å². The lowest BCUT2D eigenvalue weighted by Gasteiger charge is -2.14. The molecular weight excluding hydrogens is 233 g/mol. The number of carbonyl (C=O) groups is 1. The van der Waals surface area contributed by atoms with Gasteiger partial charge in [-0.3, -0.25) is 9.69 Å². The van der Waals surface area contributed by atoms with Crippen LogP contribution in [0.1, 0.15) is 10.4 Å². The fourth-order valence-electron chi connectivity index (χ4n) is 1.33. The zero-order valence-corrected chi connectivity index (χ0v) is 9.41. The molecule has 0 spiro atoms. The summed E-state index contributed by atoms with van der Waals surface area (Å²) in [5.41, 5.74) is 0.473. The van der Waals surface area contributed by atoms with Crippen LogP contribution < -0.4 is 0 Å². The van der Waals surface area contributed by atoms with Gasteiger partial charge in [-0.05, 0) is 24.3 Å². The van der Waals surface area contributed by atoms with Crippen molar-refractivity contribution in [2.45, 2.75) is 0 Å². The Balaban J connectivity index is 2.20. The third-order valence-corrected chi connectivity index (χ3v) is 3.53. The summed E-state index contributed by atoms with van der Waals surface area (Å²) in [7, 11) is 0. The number of halogens is 1. The lowest BCUT2D eigenvalue weighted by molar-refractivity contribution is 0.0861. The number of thioether (sulfide) groups is 1. The first-order valence-electron chi connectivity index (χ1n) is 4.42. The molecule has 1 fully saturated rings. The van der Waals surface area contributed by atoms with E-state index in [1.54, 1.807) is 4.90 Å². The Bertz CT molecular complexity index is 404. The summed E-state index contributed by atoms with van der Waals surface area (Å²) < 4.78 is 13.3. The Morgan fingerprint density at radius 2 is 2.07 bits per heavy atom. The monoisotopic (exact) mass is 241 g/mol. The van der Waals surface area contributed by atoms with Gasteiger partial charge in [0.25, 0.3) is 5.91 Å². The summed E-state index contributed by atoms with van der Waals surface area (Å²) in [6.07, 6.45) is 0. The van der Waals surface area contributed by atoms with Crippen molar-refractivity contribution in [3.8, 4) is 0 Å². The molecule has 0 N–H and O–H groups in total. The number of nitrogens with zero attached hydrogens (tertiary/aromatic N) is 1. The molecule has 0 aliphatic carbocycles. The lowest BCUT2D eigenvalue weighted by atomic mass is 10.2. The smallest absolute Gasteiger partial charge is 0.259 e. The van der Waals surface area contributed by atoms with Crippen molar-refractivity contribution in [2.75, 3.05) is 12.3 Å². The molecule has 0 bridgehead atoms. The van der Waals surface area contributed by atoms with Crippen molar-refractivity contribution in [1.82, 2.24) is 4.90 Å². The van der Waals surface area contributed by atoms with Crippen molar-refractivity contribution < 1.29 is 9.18 Å². The standard InChI is InChI=1S/C10H8FNOS2/c11-8-3-1-7(2-4-8)9(13)12-5-6-15-10(12)14/h1-4H,5-6H2. The quantitative estimate of drug-likeness (QED) is 0.704. The van der Waals surface area contributed by atoms with E-state index in [-0.39, 0.29) is 11.7 Å². The second-order valence-corrected chi connectivity index (χ2v) is 4.81. The van der Waals surface area contributed by atoms with Gasteiger partial charge in [-0.1, -0.05) is 24.0 Å². The largest absolute Gasteiger partial charge is 0.293 e. The van der Waals surface area contributed by atoms with Crippen LogP contribution in [0.15, 0.2) is 24.3 Å². The first-order chi connectivity index (χ1) is 7.18. The van der Waals surface area contributed by atoms with Crippen LogP contribution in [0, 0.1) is 5.82 Å². The summed E-state index contributed by atoms with van der Waals surface area (Å²) in [6.45, 7) is 0.639. The van der Waals surface area contributed by atoms with Crippen molar-refractivity contribution in [2.24, 2.45) is 0 Å². The Kier molecular flexibility index (Phi) is 3.02. The first kappa shape index (κ1) is 10.6. The molecular formula is C10H8FNOS2. The number of benzene rings is 1. The SMILES string of the molecule is O=C(c1ccc(F)cc1)N1CCSC1=S. The van der Waals surface area contributed by atoms with E-state index in [1.807, 2.05) is 0 Å². The minimum atomic E-state index is -0.343. The zero-order valence-electron chi connectivity index (χ0n) is 7.77. The van der Waals surface area contributed by atoms with Gasteiger partial charge in [-0.2, -0.15) is 0 Å². The number of hydrogen-bond acceptors (Lipinski definition) is 3. The highest BCUT2D eigenvalue weighted by Crippen LogP contribution is 2.20. The van der Waals surface area contributed by atoms with E-state index >= 15 is 0 Å². The summed E-state index contributed by atoms with van der Waals surface area (Å²) in [5.74, 6) is 0.348. The van der Waals surface area contributed by atoms with Crippen molar-refractivity contribution >= 4 is 34.2 Å². The Morgan fingerprint density at radius 1 is 1.40 bits per heavy atom. The third-order valence-electron chi connectivity index (χ3n) is 2.10. The third kappa shape index (κ3) is 2.18. The van der Waals surface area contributed by atoms with Crippen molar-refractivity contribution in [1.29, 1.82) is 0 Å². The normalized spacial score (nSPS) is 15.8. The number of rotatable bonds is 1. The lowest BCUT2D eigenvalue weighted by Crippen LogP contribution is -2.30. The number of amides is 1. The molecule has 0 radical (unpaired) electrons. The average Bonchev–Trinajstić information content (AvgIpc) is 2.65. The van der Waals surface area contributed by atoms with E-state index in [0.717, 1.165) is 5.75 Å². The Labute approximate surface area is 96.5 Å². The van der Waals surface area contributed by atoms with Gasteiger partial charge in [0.15, 0.2) is 0 Å². The first-order valence-corrected chi connectivity index (χ1v) is 5.82. The van der Waals surface area contributed by atoms with E-state index in [1.165, 1.54) is 36.0 Å². The van der Waals surface area contributed by atoms with E-state index in [9.17, 15) is 9.18 Å². The second-order valence-electron chi connectivity index (χ2n) is 3.08. The molecule has 1 aliphatic heterocycles. The molecule has 78 valence electrons. The van der Waals surface area contributed by atoms with Crippen LogP contribution >= 0.6 is 24.0 Å². The maximum Gasteiger partial charge on any atom is 0.259 e. The summed E-state index contributed by atoms with van der Waals surface area (Å²) in [4.78, 5) is 13.4. The van der Waals surface area contributed by atoms with E-state index in [0.29, 0.717) is 16.4 Å². The van der Waals surface area contributed by atoms with Gasteiger partial charge in [-0.25, -0.2) is 4.39 Å². The predicted molar refractivity (Wildman–Crippen MR) is 62.5 cm³/mol. The summed E-state index contributed by atoms with van der Waals surface area (Å²) >= 11 is 6.53.